The van der Waals surface area contributed by atoms with Gasteiger partial charge in [0.1, 0.15) is 5.82 Å². The number of hydrogen-bond acceptors (Lipinski definition) is 5. The van der Waals surface area contributed by atoms with E-state index in [0.29, 0.717) is 30.9 Å². The molecule has 3 aliphatic heterocycles. The number of rotatable bonds is 4. The van der Waals surface area contributed by atoms with Crippen molar-refractivity contribution in [1.29, 1.82) is 0 Å². The number of carbonyl (C=O) groups is 1. The molecule has 1 atom stereocenters. The summed E-state index contributed by atoms with van der Waals surface area (Å²) in [5.74, 6) is -0.858. The molecule has 0 aliphatic carbocycles. The molecule has 6 nitrogen and oxygen atoms in total. The molecule has 3 heterocycles. The first-order chi connectivity index (χ1) is 15.9. The van der Waals surface area contributed by atoms with E-state index < -0.39 is 5.79 Å². The number of carbonyl (C=O) groups excluding carboxylic acids is 1. The van der Waals surface area contributed by atoms with Crippen LogP contribution < -0.4 is 0 Å². The molecular weight excluding hydrogens is 421 g/mol. The zero-order valence-electron chi connectivity index (χ0n) is 19.2. The number of likely N-dealkylation sites (tertiary alicyclic amines) is 1. The van der Waals surface area contributed by atoms with Crippen LogP contribution in [0.15, 0.2) is 47.6 Å². The number of hydrazone groups is 1. The van der Waals surface area contributed by atoms with Gasteiger partial charge in [-0.15, -0.1) is 0 Å². The number of aryl methyl sites for hydroxylation is 2. The fourth-order valence-corrected chi connectivity index (χ4v) is 5.14. The highest BCUT2D eigenvalue weighted by atomic mass is 19.1. The Balaban J connectivity index is 1.37. The van der Waals surface area contributed by atoms with Gasteiger partial charge in [0.05, 0.1) is 31.5 Å². The maximum Gasteiger partial charge on any atom is 0.257 e. The molecule has 174 valence electrons. The molecule has 2 aromatic rings. The average Bonchev–Trinajstić information content (AvgIpc) is 3.44. The fourth-order valence-electron chi connectivity index (χ4n) is 5.14. The zero-order chi connectivity index (χ0) is 23.0. The SMILES string of the molecule is Cc1ccc(C2CC(c3ccccc3F)=NN2C(=O)CN2CCC3(CC2)OCCO3)c(C)c1. The Hall–Kier alpha value is -2.61. The van der Waals surface area contributed by atoms with E-state index in [1.54, 1.807) is 23.2 Å². The van der Waals surface area contributed by atoms with Crippen molar-refractivity contribution in [3.05, 3.63) is 70.5 Å². The van der Waals surface area contributed by atoms with Gasteiger partial charge < -0.3 is 9.47 Å². The second-order valence-electron chi connectivity index (χ2n) is 9.23. The minimum Gasteiger partial charge on any atom is -0.347 e. The maximum atomic E-state index is 14.5. The Labute approximate surface area is 194 Å². The van der Waals surface area contributed by atoms with Crippen LogP contribution in [0.1, 0.15) is 47.6 Å². The highest BCUT2D eigenvalue weighted by Crippen LogP contribution is 2.36. The van der Waals surface area contributed by atoms with Crippen molar-refractivity contribution in [2.24, 2.45) is 5.10 Å². The van der Waals surface area contributed by atoms with Crippen molar-refractivity contribution in [3.8, 4) is 0 Å². The summed E-state index contributed by atoms with van der Waals surface area (Å²) in [6, 6.07) is 12.6. The molecule has 1 spiro atoms. The number of piperidine rings is 1. The highest BCUT2D eigenvalue weighted by Gasteiger charge is 2.41. The number of nitrogens with zero attached hydrogens (tertiary/aromatic N) is 3. The van der Waals surface area contributed by atoms with Crippen LogP contribution in [0, 0.1) is 19.7 Å². The molecule has 2 aromatic carbocycles. The molecule has 1 amide bonds. The van der Waals surface area contributed by atoms with E-state index in [0.717, 1.165) is 37.1 Å². The summed E-state index contributed by atoms with van der Waals surface area (Å²) >= 11 is 0. The van der Waals surface area contributed by atoms with Crippen molar-refractivity contribution >= 4 is 11.6 Å². The van der Waals surface area contributed by atoms with E-state index in [9.17, 15) is 9.18 Å². The molecule has 5 rings (SSSR count). The van der Waals surface area contributed by atoms with Crippen molar-refractivity contribution in [2.45, 2.75) is 44.9 Å². The standard InChI is InChI=1S/C26H30FN3O3/c1-18-7-8-20(19(2)15-18)24-16-23(21-5-3-4-6-22(21)27)28-30(24)25(31)17-29-11-9-26(10-12-29)32-13-14-33-26/h3-8,15,24H,9-14,16-17H2,1-2H3. The monoisotopic (exact) mass is 451 g/mol. The van der Waals surface area contributed by atoms with Crippen LogP contribution in [0.25, 0.3) is 0 Å². The summed E-state index contributed by atoms with van der Waals surface area (Å²) in [7, 11) is 0. The lowest BCUT2D eigenvalue weighted by Gasteiger charge is -2.37. The van der Waals surface area contributed by atoms with Gasteiger partial charge >= 0.3 is 0 Å². The van der Waals surface area contributed by atoms with Gasteiger partial charge in [-0.3, -0.25) is 9.69 Å². The Kier molecular flexibility index (Phi) is 6.03. The molecule has 0 saturated carbocycles. The van der Waals surface area contributed by atoms with Crippen LogP contribution in [-0.2, 0) is 14.3 Å². The van der Waals surface area contributed by atoms with Gasteiger partial charge in [-0.2, -0.15) is 5.10 Å². The lowest BCUT2D eigenvalue weighted by Crippen LogP contribution is -2.48. The second kappa shape index (κ2) is 8.97. The Morgan fingerprint density at radius 3 is 2.55 bits per heavy atom. The van der Waals surface area contributed by atoms with E-state index >= 15 is 0 Å². The summed E-state index contributed by atoms with van der Waals surface area (Å²) in [5, 5.41) is 6.24. The molecular formula is C26H30FN3O3. The molecule has 1 unspecified atom stereocenters. The second-order valence-corrected chi connectivity index (χ2v) is 9.23. The molecule has 2 saturated heterocycles. The first-order valence-electron chi connectivity index (χ1n) is 11.7. The highest BCUT2D eigenvalue weighted by molar-refractivity contribution is 6.03. The van der Waals surface area contributed by atoms with Crippen molar-refractivity contribution < 1.29 is 18.7 Å². The van der Waals surface area contributed by atoms with Gasteiger partial charge in [0.2, 0.25) is 0 Å². The number of benzene rings is 2. The van der Waals surface area contributed by atoms with E-state index in [4.69, 9.17) is 9.47 Å². The van der Waals surface area contributed by atoms with Crippen molar-refractivity contribution in [3.63, 3.8) is 0 Å². The van der Waals surface area contributed by atoms with Crippen LogP contribution in [0.5, 0.6) is 0 Å². The molecule has 0 N–H and O–H groups in total. The summed E-state index contributed by atoms with van der Waals surface area (Å²) in [4.78, 5) is 15.6. The smallest absolute Gasteiger partial charge is 0.257 e. The molecule has 3 aliphatic rings. The summed E-state index contributed by atoms with van der Waals surface area (Å²) < 4.78 is 26.1. The van der Waals surface area contributed by atoms with Crippen LogP contribution in [0.3, 0.4) is 0 Å². The third-order valence-electron chi connectivity index (χ3n) is 6.93. The van der Waals surface area contributed by atoms with Gasteiger partial charge in [-0.05, 0) is 31.0 Å². The van der Waals surface area contributed by atoms with Crippen LogP contribution in [-0.4, -0.2) is 60.2 Å². The Morgan fingerprint density at radius 2 is 1.85 bits per heavy atom. The average molecular weight is 452 g/mol. The van der Waals surface area contributed by atoms with E-state index in [1.165, 1.54) is 11.6 Å². The van der Waals surface area contributed by atoms with Gasteiger partial charge in [-0.1, -0.05) is 42.0 Å². The lowest BCUT2D eigenvalue weighted by atomic mass is 9.94. The third-order valence-corrected chi connectivity index (χ3v) is 6.93. The predicted octanol–water partition coefficient (Wildman–Crippen LogP) is 3.96. The first kappa shape index (κ1) is 22.2. The summed E-state index contributed by atoms with van der Waals surface area (Å²) in [6.07, 6.45) is 2.00. The third kappa shape index (κ3) is 4.45. The fraction of sp³-hybridized carbons (Fsp3) is 0.462. The predicted molar refractivity (Wildman–Crippen MR) is 123 cm³/mol. The topological polar surface area (TPSA) is 54.4 Å². The lowest BCUT2D eigenvalue weighted by molar-refractivity contribution is -0.186. The summed E-state index contributed by atoms with van der Waals surface area (Å²) in [5.41, 5.74) is 4.39. The van der Waals surface area contributed by atoms with Crippen molar-refractivity contribution in [2.75, 3.05) is 32.8 Å². The van der Waals surface area contributed by atoms with Gasteiger partial charge in [0.25, 0.3) is 5.91 Å². The van der Waals surface area contributed by atoms with Crippen LogP contribution >= 0.6 is 0 Å². The Bertz CT molecular complexity index is 1070. The molecule has 33 heavy (non-hydrogen) atoms. The normalized spacial score (nSPS) is 22.7. The van der Waals surface area contributed by atoms with E-state index in [2.05, 4.69) is 42.0 Å². The maximum absolute atomic E-state index is 14.5. The number of hydrogen-bond donors (Lipinski definition) is 0. The van der Waals surface area contributed by atoms with Crippen LogP contribution in [0.4, 0.5) is 4.39 Å². The number of ether oxygens (including phenoxy) is 2. The molecule has 0 radical (unpaired) electrons. The summed E-state index contributed by atoms with van der Waals surface area (Å²) in [6.45, 7) is 7.12. The number of amides is 1. The minimum atomic E-state index is -0.467. The Morgan fingerprint density at radius 1 is 1.12 bits per heavy atom. The van der Waals surface area contributed by atoms with Crippen molar-refractivity contribution in [1.82, 2.24) is 9.91 Å². The molecule has 2 fully saturated rings. The van der Waals surface area contributed by atoms with Crippen LogP contribution in [0.2, 0.25) is 0 Å². The first-order valence-corrected chi connectivity index (χ1v) is 11.7. The molecule has 7 heteroatoms. The van der Waals surface area contributed by atoms with Gasteiger partial charge in [0.15, 0.2) is 5.79 Å². The zero-order valence-corrected chi connectivity index (χ0v) is 19.2. The quantitative estimate of drug-likeness (QED) is 0.706. The number of halogens is 1. The molecule has 0 aromatic heterocycles. The molecule has 0 bridgehead atoms. The van der Waals surface area contributed by atoms with Gasteiger partial charge in [-0.25, -0.2) is 9.40 Å². The van der Waals surface area contributed by atoms with Gasteiger partial charge in [0, 0.05) is 37.9 Å². The minimum absolute atomic E-state index is 0.0736. The van der Waals surface area contributed by atoms with E-state index in [1.807, 2.05) is 0 Å². The van der Waals surface area contributed by atoms with E-state index in [-0.39, 0.29) is 24.3 Å². The largest absolute Gasteiger partial charge is 0.347 e.